The summed E-state index contributed by atoms with van der Waals surface area (Å²) in [6, 6.07) is 14.0. The first-order valence-electron chi connectivity index (χ1n) is 11.9. The Morgan fingerprint density at radius 1 is 0.912 bits per heavy atom. The summed E-state index contributed by atoms with van der Waals surface area (Å²) in [5, 5.41) is 3.38. The normalized spacial score (nSPS) is 12.4. The molecular formula is C28H37NO5. The number of carbonyl (C=O) groups excluding carboxylic acids is 2. The van der Waals surface area contributed by atoms with Gasteiger partial charge >= 0.3 is 11.9 Å². The minimum absolute atomic E-state index is 0.193. The molecule has 0 heterocycles. The van der Waals surface area contributed by atoms with Crippen molar-refractivity contribution in [2.24, 2.45) is 5.92 Å². The molecule has 1 N–H and O–H groups in total. The Morgan fingerprint density at radius 3 is 2.12 bits per heavy atom. The van der Waals surface area contributed by atoms with E-state index < -0.39 is 6.04 Å². The van der Waals surface area contributed by atoms with E-state index in [1.165, 1.54) is 7.11 Å². The summed E-state index contributed by atoms with van der Waals surface area (Å²) in [5.74, 6) is -0.156. The smallest absolute Gasteiger partial charge is 0.337 e. The molecule has 0 fully saturated rings. The van der Waals surface area contributed by atoms with Crippen molar-refractivity contribution < 1.29 is 23.8 Å². The van der Waals surface area contributed by atoms with Crippen LogP contribution in [0.2, 0.25) is 0 Å². The summed E-state index contributed by atoms with van der Waals surface area (Å²) in [7, 11) is 2.97. The second kappa shape index (κ2) is 14.1. The van der Waals surface area contributed by atoms with Crippen molar-refractivity contribution >= 4 is 23.2 Å². The van der Waals surface area contributed by atoms with Gasteiger partial charge in [0.05, 0.1) is 26.4 Å². The molecule has 2 unspecified atom stereocenters. The Kier molecular flexibility index (Phi) is 11.2. The van der Waals surface area contributed by atoms with E-state index in [0.29, 0.717) is 12.2 Å². The Labute approximate surface area is 203 Å². The minimum atomic E-state index is -0.609. The van der Waals surface area contributed by atoms with Gasteiger partial charge in [0.15, 0.2) is 0 Å². The van der Waals surface area contributed by atoms with E-state index in [0.717, 1.165) is 54.7 Å². The van der Waals surface area contributed by atoms with Crippen LogP contribution in [0.4, 0.5) is 5.69 Å². The van der Waals surface area contributed by atoms with E-state index in [9.17, 15) is 9.59 Å². The molecule has 2 aromatic carbocycles. The second-order valence-electron chi connectivity index (χ2n) is 8.15. The van der Waals surface area contributed by atoms with Gasteiger partial charge in [0.25, 0.3) is 0 Å². The highest BCUT2D eigenvalue weighted by Crippen LogP contribution is 2.32. The molecule has 6 heteroatoms. The highest BCUT2D eigenvalue weighted by molar-refractivity contribution is 5.90. The van der Waals surface area contributed by atoms with E-state index in [-0.39, 0.29) is 17.9 Å². The average molecular weight is 468 g/mol. The van der Waals surface area contributed by atoms with Crippen LogP contribution in [0.5, 0.6) is 5.75 Å². The fraction of sp³-hybridized carbons (Fsp3) is 0.429. The van der Waals surface area contributed by atoms with Crippen LogP contribution in [0.25, 0.3) is 5.57 Å². The number of benzene rings is 2. The molecule has 6 nitrogen and oxygen atoms in total. The second-order valence-corrected chi connectivity index (χ2v) is 8.15. The molecule has 2 aromatic rings. The van der Waals surface area contributed by atoms with Crippen LogP contribution in [0, 0.1) is 5.92 Å². The van der Waals surface area contributed by atoms with Gasteiger partial charge in [0, 0.05) is 11.6 Å². The molecular weight excluding hydrogens is 430 g/mol. The first kappa shape index (κ1) is 27.0. The number of rotatable bonds is 14. The van der Waals surface area contributed by atoms with Crippen LogP contribution in [-0.4, -0.2) is 38.8 Å². The van der Waals surface area contributed by atoms with Crippen LogP contribution in [0.3, 0.4) is 0 Å². The zero-order valence-corrected chi connectivity index (χ0v) is 20.8. The molecule has 2 atom stereocenters. The molecule has 0 bridgehead atoms. The molecule has 0 aliphatic rings. The average Bonchev–Trinajstić information content (AvgIpc) is 2.87. The maximum atomic E-state index is 13.1. The maximum absolute atomic E-state index is 13.1. The molecule has 0 amide bonds. The van der Waals surface area contributed by atoms with Crippen LogP contribution < -0.4 is 10.1 Å². The fourth-order valence-electron chi connectivity index (χ4n) is 3.91. The number of hydrogen-bond acceptors (Lipinski definition) is 6. The number of hydrogen-bond donors (Lipinski definition) is 1. The largest absolute Gasteiger partial charge is 0.497 e. The van der Waals surface area contributed by atoms with Gasteiger partial charge in [-0.25, -0.2) is 9.59 Å². The van der Waals surface area contributed by atoms with Crippen molar-refractivity contribution in [2.45, 2.75) is 52.0 Å². The van der Waals surface area contributed by atoms with Crippen LogP contribution >= 0.6 is 0 Å². The summed E-state index contributed by atoms with van der Waals surface area (Å²) in [5.41, 5.74) is 2.97. The van der Waals surface area contributed by atoms with Gasteiger partial charge in [-0.3, -0.25) is 0 Å². The Balaban J connectivity index is 2.36. The lowest BCUT2D eigenvalue weighted by Gasteiger charge is -2.29. The monoisotopic (exact) mass is 467 g/mol. The highest BCUT2D eigenvalue weighted by atomic mass is 16.5. The number of methoxy groups -OCH3 is 2. The number of ether oxygens (including phenoxy) is 3. The van der Waals surface area contributed by atoms with Crippen molar-refractivity contribution in [3.8, 4) is 5.75 Å². The molecule has 0 aliphatic heterocycles. The first-order valence-corrected chi connectivity index (χ1v) is 11.9. The lowest BCUT2D eigenvalue weighted by molar-refractivity contribution is -0.144. The van der Waals surface area contributed by atoms with Gasteiger partial charge < -0.3 is 19.5 Å². The third kappa shape index (κ3) is 7.65. The van der Waals surface area contributed by atoms with Crippen LogP contribution in [-0.2, 0) is 14.3 Å². The van der Waals surface area contributed by atoms with Crippen molar-refractivity contribution in [3.05, 3.63) is 66.2 Å². The standard InChI is InChI=1S/C28H37NO5/c1-6-8-9-10-11-25(20(3)21-12-14-22(15-13-21)27(30)33-5)26(28(31)34-7-2)29-23-16-18-24(32-4)19-17-23/h12-19,25-26,29H,3,6-11H2,1-2,4-5H3. The number of carbonyl (C=O) groups is 2. The molecule has 184 valence electrons. The molecule has 0 saturated heterocycles. The lowest BCUT2D eigenvalue weighted by Crippen LogP contribution is -2.39. The third-order valence-corrected chi connectivity index (χ3v) is 5.85. The van der Waals surface area contributed by atoms with Gasteiger partial charge in [0.2, 0.25) is 0 Å². The Morgan fingerprint density at radius 2 is 1.56 bits per heavy atom. The molecule has 0 aliphatic carbocycles. The number of nitrogens with one attached hydrogen (secondary N) is 1. The van der Waals surface area contributed by atoms with Crippen molar-refractivity contribution in [3.63, 3.8) is 0 Å². The SMILES string of the molecule is C=C(c1ccc(C(=O)OC)cc1)C(CCCCCC)C(Nc1ccc(OC)cc1)C(=O)OCC. The van der Waals surface area contributed by atoms with E-state index in [1.807, 2.05) is 36.4 Å². The third-order valence-electron chi connectivity index (χ3n) is 5.85. The van der Waals surface area contributed by atoms with E-state index in [4.69, 9.17) is 14.2 Å². The molecule has 34 heavy (non-hydrogen) atoms. The molecule has 0 radical (unpaired) electrons. The summed E-state index contributed by atoms with van der Waals surface area (Å²) in [4.78, 5) is 24.9. The summed E-state index contributed by atoms with van der Waals surface area (Å²) < 4.78 is 15.5. The van der Waals surface area contributed by atoms with Crippen molar-refractivity contribution in [1.29, 1.82) is 0 Å². The highest BCUT2D eigenvalue weighted by Gasteiger charge is 2.32. The van der Waals surface area contributed by atoms with Crippen molar-refractivity contribution in [1.82, 2.24) is 0 Å². The van der Waals surface area contributed by atoms with Gasteiger partial charge in [-0.15, -0.1) is 0 Å². The van der Waals surface area contributed by atoms with E-state index in [1.54, 1.807) is 26.2 Å². The molecule has 0 saturated carbocycles. The Bertz CT molecular complexity index is 921. The Hall–Kier alpha value is -3.28. The topological polar surface area (TPSA) is 73.9 Å². The summed E-state index contributed by atoms with van der Waals surface area (Å²) in [6.45, 7) is 8.64. The quantitative estimate of drug-likeness (QED) is 0.266. The van der Waals surface area contributed by atoms with Gasteiger partial charge in [0.1, 0.15) is 11.8 Å². The summed E-state index contributed by atoms with van der Waals surface area (Å²) >= 11 is 0. The van der Waals surface area contributed by atoms with E-state index in [2.05, 4.69) is 18.8 Å². The number of anilines is 1. The van der Waals surface area contributed by atoms with Crippen molar-refractivity contribution in [2.75, 3.05) is 26.1 Å². The number of unbranched alkanes of at least 4 members (excludes halogenated alkanes) is 3. The lowest BCUT2D eigenvalue weighted by atomic mass is 9.83. The predicted octanol–water partition coefficient (Wildman–Crippen LogP) is 6.13. The molecule has 2 rings (SSSR count). The number of esters is 2. The molecule has 0 spiro atoms. The zero-order valence-electron chi connectivity index (χ0n) is 20.8. The van der Waals surface area contributed by atoms with Crippen LogP contribution in [0.15, 0.2) is 55.1 Å². The van der Waals surface area contributed by atoms with E-state index >= 15 is 0 Å². The van der Waals surface area contributed by atoms with Crippen LogP contribution in [0.1, 0.15) is 61.9 Å². The summed E-state index contributed by atoms with van der Waals surface area (Å²) in [6.07, 6.45) is 5.11. The fourth-order valence-corrected chi connectivity index (χ4v) is 3.91. The van der Waals surface area contributed by atoms with Gasteiger partial charge in [-0.2, -0.15) is 0 Å². The predicted molar refractivity (Wildman–Crippen MR) is 136 cm³/mol. The van der Waals surface area contributed by atoms with Gasteiger partial charge in [-0.05, 0) is 60.9 Å². The van der Waals surface area contributed by atoms with Gasteiger partial charge in [-0.1, -0.05) is 51.3 Å². The first-order chi connectivity index (χ1) is 16.4. The minimum Gasteiger partial charge on any atom is -0.497 e. The zero-order chi connectivity index (χ0) is 24.9. The molecule has 0 aromatic heterocycles. The maximum Gasteiger partial charge on any atom is 0.337 e.